The Labute approximate surface area is 172 Å². The van der Waals surface area contributed by atoms with Gasteiger partial charge in [0, 0.05) is 39.0 Å². The molecule has 2 aromatic carbocycles. The Kier molecular flexibility index (Phi) is 4.82. The molecule has 2 aliphatic rings. The second kappa shape index (κ2) is 7.78. The zero-order valence-electron chi connectivity index (χ0n) is 16.3. The number of amides is 1. The van der Waals surface area contributed by atoms with Crippen molar-refractivity contribution < 1.29 is 18.4 Å². The molecule has 3 heterocycles. The fourth-order valence-electron chi connectivity index (χ4n) is 3.86. The summed E-state index contributed by atoms with van der Waals surface area (Å²) in [6.45, 7) is 2.41. The Hall–Kier alpha value is -3.42. The maximum Gasteiger partial charge on any atom is 0.298 e. The molecule has 3 aromatic rings. The predicted octanol–water partition coefficient (Wildman–Crippen LogP) is 3.00. The van der Waals surface area contributed by atoms with E-state index in [1.165, 1.54) is 12.1 Å². The molecule has 0 saturated carbocycles. The largest absolute Gasteiger partial charge is 0.423 e. The highest BCUT2D eigenvalue weighted by molar-refractivity contribution is 5.94. The summed E-state index contributed by atoms with van der Waals surface area (Å²) >= 11 is 0. The molecule has 0 N–H and O–H groups in total. The van der Waals surface area contributed by atoms with E-state index < -0.39 is 6.10 Å². The van der Waals surface area contributed by atoms with E-state index in [-0.39, 0.29) is 11.7 Å². The Morgan fingerprint density at radius 2 is 1.93 bits per heavy atom. The SMILES string of the molecule is O=C(C1CC(Cc2cccc(F)c2)=NO1)N1CCN(c2nc3ccccc3o2)CC1. The number of hydrogen-bond acceptors (Lipinski definition) is 6. The highest BCUT2D eigenvalue weighted by Gasteiger charge is 2.34. The summed E-state index contributed by atoms with van der Waals surface area (Å²) in [5, 5.41) is 4.06. The molecular weight excluding hydrogens is 387 g/mol. The number of carbonyl (C=O) groups excluding carboxylic acids is 1. The van der Waals surface area contributed by atoms with Gasteiger partial charge < -0.3 is 19.1 Å². The quantitative estimate of drug-likeness (QED) is 0.664. The number of nitrogens with zero attached hydrogens (tertiary/aromatic N) is 4. The van der Waals surface area contributed by atoms with Crippen molar-refractivity contribution in [2.24, 2.45) is 5.16 Å². The first-order valence-corrected chi connectivity index (χ1v) is 10.0. The fourth-order valence-corrected chi connectivity index (χ4v) is 3.86. The van der Waals surface area contributed by atoms with Crippen molar-refractivity contribution in [1.82, 2.24) is 9.88 Å². The summed E-state index contributed by atoms with van der Waals surface area (Å²) in [7, 11) is 0. The highest BCUT2D eigenvalue weighted by Crippen LogP contribution is 2.23. The molecule has 2 aliphatic heterocycles. The normalized spacial score (nSPS) is 19.1. The first-order valence-electron chi connectivity index (χ1n) is 10.0. The lowest BCUT2D eigenvalue weighted by atomic mass is 10.0. The van der Waals surface area contributed by atoms with Gasteiger partial charge in [0.1, 0.15) is 11.3 Å². The number of para-hydroxylation sites is 2. The highest BCUT2D eigenvalue weighted by atomic mass is 19.1. The van der Waals surface area contributed by atoms with Crippen LogP contribution in [0.2, 0.25) is 0 Å². The smallest absolute Gasteiger partial charge is 0.298 e. The van der Waals surface area contributed by atoms with Crippen LogP contribution in [-0.2, 0) is 16.1 Å². The van der Waals surface area contributed by atoms with Crippen LogP contribution in [0.1, 0.15) is 12.0 Å². The number of aromatic nitrogens is 1. The molecule has 7 nitrogen and oxygen atoms in total. The third-order valence-electron chi connectivity index (χ3n) is 5.45. The van der Waals surface area contributed by atoms with Crippen molar-refractivity contribution in [1.29, 1.82) is 0 Å². The number of halogens is 1. The molecule has 30 heavy (non-hydrogen) atoms. The maximum absolute atomic E-state index is 13.4. The summed E-state index contributed by atoms with van der Waals surface area (Å²) in [6.07, 6.45) is 0.303. The molecule has 1 unspecified atom stereocenters. The van der Waals surface area contributed by atoms with Crippen LogP contribution in [-0.4, -0.2) is 53.8 Å². The van der Waals surface area contributed by atoms with Gasteiger partial charge in [0.25, 0.3) is 11.9 Å². The topological polar surface area (TPSA) is 71.2 Å². The zero-order valence-corrected chi connectivity index (χ0v) is 16.3. The molecule has 1 saturated heterocycles. The van der Waals surface area contributed by atoms with Crippen LogP contribution < -0.4 is 4.90 Å². The molecule has 0 spiro atoms. The number of oxime groups is 1. The van der Waals surface area contributed by atoms with Crippen LogP contribution in [0.25, 0.3) is 11.1 Å². The van der Waals surface area contributed by atoms with Crippen molar-refractivity contribution in [3.8, 4) is 0 Å². The number of hydrogen-bond donors (Lipinski definition) is 0. The van der Waals surface area contributed by atoms with E-state index in [0.717, 1.165) is 22.4 Å². The number of benzene rings is 2. The molecule has 1 atom stereocenters. The molecule has 1 fully saturated rings. The third kappa shape index (κ3) is 3.72. The summed E-state index contributed by atoms with van der Waals surface area (Å²) < 4.78 is 19.2. The number of anilines is 1. The van der Waals surface area contributed by atoms with E-state index in [1.54, 1.807) is 11.0 Å². The van der Waals surface area contributed by atoms with Crippen LogP contribution in [0.15, 0.2) is 58.1 Å². The molecule has 5 rings (SSSR count). The van der Waals surface area contributed by atoms with Gasteiger partial charge in [-0.2, -0.15) is 4.98 Å². The number of oxazole rings is 1. The molecule has 0 radical (unpaired) electrons. The standard InChI is InChI=1S/C22H21FN4O3/c23-16-5-3-4-15(12-16)13-17-14-20(30-25-17)21(28)26-8-10-27(11-9-26)22-24-18-6-1-2-7-19(18)29-22/h1-7,12,20H,8-11,13-14H2. The van der Waals surface area contributed by atoms with Gasteiger partial charge in [-0.25, -0.2) is 4.39 Å². The van der Waals surface area contributed by atoms with Gasteiger partial charge in [-0.1, -0.05) is 29.4 Å². The molecular formula is C22H21FN4O3. The first-order chi connectivity index (χ1) is 14.7. The molecule has 0 aliphatic carbocycles. The second-order valence-corrected chi connectivity index (χ2v) is 7.54. The van der Waals surface area contributed by atoms with Gasteiger partial charge in [0.05, 0.1) is 5.71 Å². The predicted molar refractivity (Wildman–Crippen MR) is 110 cm³/mol. The fraction of sp³-hybridized carbons (Fsp3) is 0.318. The first kappa shape index (κ1) is 18.6. The van der Waals surface area contributed by atoms with Crippen molar-refractivity contribution in [2.45, 2.75) is 18.9 Å². The maximum atomic E-state index is 13.4. The number of fused-ring (bicyclic) bond motifs is 1. The summed E-state index contributed by atoms with van der Waals surface area (Å²) in [5.41, 5.74) is 3.16. The van der Waals surface area contributed by atoms with E-state index in [1.807, 2.05) is 35.2 Å². The molecule has 154 valence electrons. The minimum Gasteiger partial charge on any atom is -0.423 e. The van der Waals surface area contributed by atoms with Gasteiger partial charge in [0.15, 0.2) is 5.58 Å². The van der Waals surface area contributed by atoms with Crippen molar-refractivity contribution >= 4 is 28.7 Å². The van der Waals surface area contributed by atoms with Gasteiger partial charge in [-0.3, -0.25) is 4.79 Å². The van der Waals surface area contributed by atoms with Crippen LogP contribution in [0, 0.1) is 5.82 Å². The Bertz CT molecular complexity index is 1070. The van der Waals surface area contributed by atoms with Gasteiger partial charge in [-0.05, 0) is 29.8 Å². The third-order valence-corrected chi connectivity index (χ3v) is 5.45. The molecule has 8 heteroatoms. The molecule has 1 aromatic heterocycles. The van der Waals surface area contributed by atoms with E-state index in [4.69, 9.17) is 9.25 Å². The Morgan fingerprint density at radius 1 is 1.10 bits per heavy atom. The van der Waals surface area contributed by atoms with E-state index in [2.05, 4.69) is 10.1 Å². The van der Waals surface area contributed by atoms with Gasteiger partial charge in [-0.15, -0.1) is 0 Å². The van der Waals surface area contributed by atoms with Crippen LogP contribution >= 0.6 is 0 Å². The lowest BCUT2D eigenvalue weighted by molar-refractivity contribution is -0.142. The summed E-state index contributed by atoms with van der Waals surface area (Å²) in [5.74, 6) is -0.346. The summed E-state index contributed by atoms with van der Waals surface area (Å²) in [6, 6.07) is 14.6. The van der Waals surface area contributed by atoms with E-state index in [9.17, 15) is 9.18 Å². The van der Waals surface area contributed by atoms with Gasteiger partial charge in [0.2, 0.25) is 6.10 Å². The van der Waals surface area contributed by atoms with Crippen LogP contribution in [0.3, 0.4) is 0 Å². The minimum atomic E-state index is -0.607. The second-order valence-electron chi connectivity index (χ2n) is 7.54. The average Bonchev–Trinajstić information content (AvgIpc) is 3.40. The van der Waals surface area contributed by atoms with Crippen LogP contribution in [0.4, 0.5) is 10.4 Å². The lowest BCUT2D eigenvalue weighted by Gasteiger charge is -2.34. The van der Waals surface area contributed by atoms with Crippen molar-refractivity contribution in [2.75, 3.05) is 31.1 Å². The van der Waals surface area contributed by atoms with Crippen molar-refractivity contribution in [3.05, 3.63) is 59.9 Å². The minimum absolute atomic E-state index is 0.0646. The zero-order chi connectivity index (χ0) is 20.5. The summed E-state index contributed by atoms with van der Waals surface area (Å²) in [4.78, 5) is 26.6. The molecule has 0 bridgehead atoms. The van der Waals surface area contributed by atoms with Crippen LogP contribution in [0.5, 0.6) is 0 Å². The average molecular weight is 408 g/mol. The van der Waals surface area contributed by atoms with Crippen molar-refractivity contribution in [3.63, 3.8) is 0 Å². The lowest BCUT2D eigenvalue weighted by Crippen LogP contribution is -2.51. The number of rotatable bonds is 4. The van der Waals surface area contributed by atoms with Gasteiger partial charge >= 0.3 is 0 Å². The van der Waals surface area contributed by atoms with E-state index in [0.29, 0.717) is 45.0 Å². The number of piperazine rings is 1. The van der Waals surface area contributed by atoms with E-state index >= 15 is 0 Å². The Balaban J connectivity index is 1.15. The Morgan fingerprint density at radius 3 is 2.73 bits per heavy atom. The number of carbonyl (C=O) groups is 1. The monoisotopic (exact) mass is 408 g/mol. The molecule has 1 amide bonds.